The maximum atomic E-state index is 12.7. The summed E-state index contributed by atoms with van der Waals surface area (Å²) in [5, 5.41) is 2.76. The molecule has 2 aromatic rings. The van der Waals surface area contributed by atoms with Crippen LogP contribution in [0.3, 0.4) is 0 Å². The Morgan fingerprint density at radius 1 is 1.27 bits per heavy atom. The molecule has 1 saturated heterocycles. The van der Waals surface area contributed by atoms with Crippen LogP contribution in [0.5, 0.6) is 0 Å². The summed E-state index contributed by atoms with van der Waals surface area (Å²) < 4.78 is 5.14. The van der Waals surface area contributed by atoms with E-state index in [1.807, 2.05) is 0 Å². The van der Waals surface area contributed by atoms with Crippen molar-refractivity contribution in [2.45, 2.75) is 12.8 Å². The Morgan fingerprint density at radius 3 is 2.70 bits per heavy atom. The highest BCUT2D eigenvalue weighted by Gasteiger charge is 2.31. The average Bonchev–Trinajstić information content (AvgIpc) is 3.01. The highest BCUT2D eigenvalue weighted by Crippen LogP contribution is 2.32. The van der Waals surface area contributed by atoms with E-state index in [0.29, 0.717) is 33.4 Å². The molecule has 7 nitrogen and oxygen atoms in total. The number of anilines is 1. The highest BCUT2D eigenvalue weighted by molar-refractivity contribution is 8.26. The number of amides is 2. The number of esters is 1. The molecule has 1 aromatic heterocycles. The molecule has 1 fully saturated rings. The third-order valence-electron chi connectivity index (χ3n) is 4.23. The minimum Gasteiger partial charge on any atom is -0.465 e. The number of hydrogen-bond acceptors (Lipinski definition) is 7. The molecule has 0 saturated carbocycles. The van der Waals surface area contributed by atoms with E-state index in [9.17, 15) is 14.4 Å². The highest BCUT2D eigenvalue weighted by atomic mass is 32.2. The predicted molar refractivity (Wildman–Crippen MR) is 120 cm³/mol. The Balaban J connectivity index is 1.54. The van der Waals surface area contributed by atoms with Crippen molar-refractivity contribution >= 4 is 57.8 Å². The van der Waals surface area contributed by atoms with E-state index in [1.54, 1.807) is 54.9 Å². The lowest BCUT2D eigenvalue weighted by molar-refractivity contribution is -0.122. The van der Waals surface area contributed by atoms with E-state index in [4.69, 9.17) is 12.2 Å². The first kappa shape index (κ1) is 21.7. The molecule has 1 aliphatic heterocycles. The lowest BCUT2D eigenvalue weighted by atomic mass is 10.1. The van der Waals surface area contributed by atoms with Crippen molar-refractivity contribution < 1.29 is 19.1 Å². The van der Waals surface area contributed by atoms with Gasteiger partial charge in [0.05, 0.1) is 29.5 Å². The van der Waals surface area contributed by atoms with Gasteiger partial charge in [-0.2, -0.15) is 0 Å². The van der Waals surface area contributed by atoms with Crippen LogP contribution in [-0.4, -0.2) is 45.6 Å². The lowest BCUT2D eigenvalue weighted by Gasteiger charge is -2.14. The van der Waals surface area contributed by atoms with Crippen molar-refractivity contribution in [3.05, 3.63) is 64.8 Å². The Bertz CT molecular complexity index is 991. The molecule has 0 aliphatic carbocycles. The van der Waals surface area contributed by atoms with Crippen LogP contribution in [0.2, 0.25) is 0 Å². The monoisotopic (exact) mass is 441 g/mol. The molecule has 0 spiro atoms. The molecular formula is C21H19N3O4S2. The van der Waals surface area contributed by atoms with Crippen LogP contribution in [0.15, 0.2) is 53.7 Å². The van der Waals surface area contributed by atoms with E-state index in [0.717, 1.165) is 5.56 Å². The molecule has 2 heterocycles. The summed E-state index contributed by atoms with van der Waals surface area (Å²) in [5.74, 6) is -0.746. The molecule has 3 rings (SSSR count). The maximum absolute atomic E-state index is 12.7. The number of methoxy groups -OCH3 is 1. The summed E-state index contributed by atoms with van der Waals surface area (Å²) in [6, 6.07) is 10.3. The van der Waals surface area contributed by atoms with Gasteiger partial charge in [-0.1, -0.05) is 36.1 Å². The fraction of sp³-hybridized carbons (Fsp3) is 0.190. The number of carbonyl (C=O) groups excluding carboxylic acids is 3. The van der Waals surface area contributed by atoms with Gasteiger partial charge < -0.3 is 10.1 Å². The Kier molecular flexibility index (Phi) is 7.31. The van der Waals surface area contributed by atoms with Crippen molar-refractivity contribution in [2.75, 3.05) is 19.0 Å². The third kappa shape index (κ3) is 5.52. The Morgan fingerprint density at radius 2 is 2.03 bits per heavy atom. The topological polar surface area (TPSA) is 88.6 Å². The standard InChI is InChI=1S/C21H19N3O4S2/c1-28-20(27)15-8-6-14(7-9-15)12-17-19(26)24(21(29)30-17)11-3-5-18(25)23-16-4-2-10-22-13-16/h2,4,6-10,12-13H,3,5,11H2,1H3,(H,23,25)/b17-12+. The molecule has 154 valence electrons. The molecule has 9 heteroatoms. The summed E-state index contributed by atoms with van der Waals surface area (Å²) in [4.78, 5) is 42.2. The fourth-order valence-electron chi connectivity index (χ4n) is 2.74. The normalized spacial score (nSPS) is 14.8. The number of aromatic nitrogens is 1. The van der Waals surface area contributed by atoms with Gasteiger partial charge in [-0.3, -0.25) is 19.5 Å². The van der Waals surface area contributed by atoms with E-state index in [-0.39, 0.29) is 18.2 Å². The second kappa shape index (κ2) is 10.1. The summed E-state index contributed by atoms with van der Waals surface area (Å²) in [7, 11) is 1.32. The zero-order chi connectivity index (χ0) is 21.5. The molecule has 0 unspecified atom stereocenters. The summed E-state index contributed by atoms with van der Waals surface area (Å²) in [6.45, 7) is 0.365. The van der Waals surface area contributed by atoms with E-state index in [1.165, 1.54) is 23.8 Å². The lowest BCUT2D eigenvalue weighted by Crippen LogP contribution is -2.29. The van der Waals surface area contributed by atoms with Crippen molar-refractivity contribution in [2.24, 2.45) is 0 Å². The number of nitrogens with zero attached hydrogens (tertiary/aromatic N) is 2. The van der Waals surface area contributed by atoms with Crippen LogP contribution in [0.4, 0.5) is 5.69 Å². The smallest absolute Gasteiger partial charge is 0.337 e. The number of benzene rings is 1. The van der Waals surface area contributed by atoms with Crippen molar-refractivity contribution in [3.63, 3.8) is 0 Å². The van der Waals surface area contributed by atoms with E-state index in [2.05, 4.69) is 15.0 Å². The third-order valence-corrected chi connectivity index (χ3v) is 5.61. The van der Waals surface area contributed by atoms with Crippen LogP contribution >= 0.6 is 24.0 Å². The van der Waals surface area contributed by atoms with Gasteiger partial charge in [0.2, 0.25) is 5.91 Å². The molecule has 0 radical (unpaired) electrons. The van der Waals surface area contributed by atoms with Crippen LogP contribution in [-0.2, 0) is 14.3 Å². The van der Waals surface area contributed by atoms with E-state index >= 15 is 0 Å². The second-order valence-corrected chi connectivity index (χ2v) is 8.02. The van der Waals surface area contributed by atoms with Gasteiger partial charge in [0, 0.05) is 19.2 Å². The van der Waals surface area contributed by atoms with Crippen molar-refractivity contribution in [3.8, 4) is 0 Å². The first-order valence-electron chi connectivity index (χ1n) is 9.11. The van der Waals surface area contributed by atoms with Gasteiger partial charge in [0.1, 0.15) is 4.32 Å². The number of pyridine rings is 1. The number of thioether (sulfide) groups is 1. The number of thiocarbonyl (C=S) groups is 1. The maximum Gasteiger partial charge on any atom is 0.337 e. The summed E-state index contributed by atoms with van der Waals surface area (Å²) in [6.07, 6.45) is 5.68. The zero-order valence-corrected chi connectivity index (χ0v) is 17.8. The minimum absolute atomic E-state index is 0.144. The number of hydrogen-bond donors (Lipinski definition) is 1. The summed E-state index contributed by atoms with van der Waals surface area (Å²) >= 11 is 6.54. The SMILES string of the molecule is COC(=O)c1ccc(/C=C2/SC(=S)N(CCCC(=O)Nc3cccnc3)C2=O)cc1. The van der Waals surface area contributed by atoms with Crippen LogP contribution < -0.4 is 5.32 Å². The minimum atomic E-state index is -0.416. The molecule has 30 heavy (non-hydrogen) atoms. The van der Waals surface area contributed by atoms with Gasteiger partial charge in [-0.15, -0.1) is 0 Å². The number of ether oxygens (including phenoxy) is 1. The molecule has 0 bridgehead atoms. The Hall–Kier alpha value is -3.04. The fourth-order valence-corrected chi connectivity index (χ4v) is 4.04. The van der Waals surface area contributed by atoms with Crippen LogP contribution in [0, 0.1) is 0 Å². The average molecular weight is 442 g/mol. The van der Waals surface area contributed by atoms with Gasteiger partial charge in [0.15, 0.2) is 0 Å². The molecule has 1 N–H and O–H groups in total. The first-order valence-corrected chi connectivity index (χ1v) is 10.3. The predicted octanol–water partition coefficient (Wildman–Crippen LogP) is 3.49. The molecule has 0 atom stereocenters. The first-order chi connectivity index (χ1) is 14.5. The Labute approximate surface area is 183 Å². The van der Waals surface area contributed by atoms with Gasteiger partial charge in [-0.05, 0) is 42.3 Å². The number of rotatable bonds is 7. The van der Waals surface area contributed by atoms with Gasteiger partial charge in [-0.25, -0.2) is 4.79 Å². The molecule has 1 aromatic carbocycles. The zero-order valence-electron chi connectivity index (χ0n) is 16.2. The van der Waals surface area contributed by atoms with Crippen LogP contribution in [0.25, 0.3) is 6.08 Å². The van der Waals surface area contributed by atoms with Gasteiger partial charge in [0.25, 0.3) is 5.91 Å². The molecule has 2 amide bonds. The summed E-state index contributed by atoms with van der Waals surface area (Å²) in [5.41, 5.74) is 1.85. The number of nitrogens with one attached hydrogen (secondary N) is 1. The molecule has 1 aliphatic rings. The molecular weight excluding hydrogens is 422 g/mol. The van der Waals surface area contributed by atoms with E-state index < -0.39 is 5.97 Å². The largest absolute Gasteiger partial charge is 0.465 e. The second-order valence-electron chi connectivity index (χ2n) is 6.34. The van der Waals surface area contributed by atoms with Crippen molar-refractivity contribution in [1.29, 1.82) is 0 Å². The number of carbonyl (C=O) groups is 3. The quantitative estimate of drug-likeness (QED) is 0.400. The van der Waals surface area contributed by atoms with Gasteiger partial charge >= 0.3 is 5.97 Å². The van der Waals surface area contributed by atoms with Crippen molar-refractivity contribution in [1.82, 2.24) is 9.88 Å². The van der Waals surface area contributed by atoms with Crippen LogP contribution in [0.1, 0.15) is 28.8 Å².